The standard InChI is InChI=1S/C29H28ClN3O3S/c1-4-18-7-6-8-19(5-2)27(18)33-17(3)22(25(34)13-14-26(31)35)15-23(29(33)36)28-32-24(16-37-28)20-9-11-21(30)12-10-20/h6-12,15-16H,4-5,13-14H2,1-3H3,(H2,31,35). The Balaban J connectivity index is 1.96. The molecule has 0 atom stereocenters. The normalized spacial score (nSPS) is 11.0. The molecule has 37 heavy (non-hydrogen) atoms. The van der Waals surface area contributed by atoms with Crippen LogP contribution in [-0.4, -0.2) is 21.2 Å². The van der Waals surface area contributed by atoms with Gasteiger partial charge in [0.2, 0.25) is 5.91 Å². The zero-order chi connectivity index (χ0) is 26.7. The average molecular weight is 534 g/mol. The van der Waals surface area contributed by atoms with Gasteiger partial charge in [0.25, 0.3) is 5.56 Å². The van der Waals surface area contributed by atoms with Crippen LogP contribution < -0.4 is 11.3 Å². The summed E-state index contributed by atoms with van der Waals surface area (Å²) in [5.41, 5.74) is 10.7. The summed E-state index contributed by atoms with van der Waals surface area (Å²) in [6.45, 7) is 5.86. The van der Waals surface area contributed by atoms with Crippen LogP contribution in [0.2, 0.25) is 5.02 Å². The largest absolute Gasteiger partial charge is 0.370 e. The fraction of sp³-hybridized carbons (Fsp3) is 0.241. The number of thiazole rings is 1. The molecule has 0 spiro atoms. The minimum absolute atomic E-state index is 0.0300. The molecule has 1 amide bonds. The number of aryl methyl sites for hydroxylation is 2. The lowest BCUT2D eigenvalue weighted by Gasteiger charge is -2.20. The molecule has 8 heteroatoms. The summed E-state index contributed by atoms with van der Waals surface area (Å²) >= 11 is 7.37. The first-order chi connectivity index (χ1) is 17.7. The van der Waals surface area contributed by atoms with E-state index in [1.54, 1.807) is 29.7 Å². The van der Waals surface area contributed by atoms with Gasteiger partial charge in [0, 0.05) is 40.1 Å². The van der Waals surface area contributed by atoms with E-state index < -0.39 is 5.91 Å². The number of carbonyl (C=O) groups excluding carboxylic acids is 2. The molecule has 0 aliphatic rings. The van der Waals surface area contributed by atoms with Gasteiger partial charge < -0.3 is 5.73 Å². The molecule has 0 unspecified atom stereocenters. The summed E-state index contributed by atoms with van der Waals surface area (Å²) in [4.78, 5) is 43.5. The SMILES string of the molecule is CCc1cccc(CC)c1-n1c(C)c(C(=O)CCC(N)=O)cc(-c2nc(-c3ccc(Cl)cc3)cs2)c1=O. The second-order valence-corrected chi connectivity index (χ2v) is 10.1. The van der Waals surface area contributed by atoms with Crippen LogP contribution in [0.3, 0.4) is 0 Å². The van der Waals surface area contributed by atoms with E-state index in [0.717, 1.165) is 35.2 Å². The molecule has 0 saturated heterocycles. The summed E-state index contributed by atoms with van der Waals surface area (Å²) in [5.74, 6) is -0.788. The van der Waals surface area contributed by atoms with Crippen LogP contribution in [0, 0.1) is 6.92 Å². The van der Waals surface area contributed by atoms with Gasteiger partial charge in [0.15, 0.2) is 5.78 Å². The molecule has 0 saturated carbocycles. The van der Waals surface area contributed by atoms with E-state index in [0.29, 0.717) is 32.5 Å². The summed E-state index contributed by atoms with van der Waals surface area (Å²) in [6, 6.07) is 14.9. The number of pyridine rings is 1. The maximum Gasteiger partial charge on any atom is 0.265 e. The van der Waals surface area contributed by atoms with Gasteiger partial charge in [-0.1, -0.05) is 55.8 Å². The monoisotopic (exact) mass is 533 g/mol. The van der Waals surface area contributed by atoms with Crippen molar-refractivity contribution in [1.29, 1.82) is 0 Å². The van der Waals surface area contributed by atoms with Crippen LogP contribution in [0.5, 0.6) is 0 Å². The number of nitrogens with two attached hydrogens (primary N) is 1. The lowest BCUT2D eigenvalue weighted by atomic mass is 9.99. The molecule has 2 N–H and O–H groups in total. The molecule has 0 bridgehead atoms. The Labute approximate surface area is 224 Å². The lowest BCUT2D eigenvalue weighted by Crippen LogP contribution is -2.27. The van der Waals surface area contributed by atoms with Gasteiger partial charge in [-0.3, -0.25) is 19.0 Å². The van der Waals surface area contributed by atoms with E-state index in [9.17, 15) is 14.4 Å². The fourth-order valence-electron chi connectivity index (χ4n) is 4.43. The van der Waals surface area contributed by atoms with Gasteiger partial charge in [0.1, 0.15) is 5.01 Å². The van der Waals surface area contributed by atoms with Crippen LogP contribution >= 0.6 is 22.9 Å². The quantitative estimate of drug-likeness (QED) is 0.260. The van der Waals surface area contributed by atoms with E-state index >= 15 is 0 Å². The first-order valence-electron chi connectivity index (χ1n) is 12.2. The Morgan fingerprint density at radius 2 is 1.68 bits per heavy atom. The van der Waals surface area contributed by atoms with Crippen LogP contribution in [0.1, 0.15) is 53.9 Å². The van der Waals surface area contributed by atoms with Crippen LogP contribution in [0.25, 0.3) is 27.5 Å². The van der Waals surface area contributed by atoms with Gasteiger partial charge >= 0.3 is 0 Å². The van der Waals surface area contributed by atoms with Crippen molar-refractivity contribution in [3.8, 4) is 27.5 Å². The Kier molecular flexibility index (Phi) is 8.05. The number of ketones is 1. The van der Waals surface area contributed by atoms with Crippen molar-refractivity contribution in [2.45, 2.75) is 46.5 Å². The smallest absolute Gasteiger partial charge is 0.265 e. The third-order valence-electron chi connectivity index (χ3n) is 6.41. The predicted molar refractivity (Wildman–Crippen MR) is 150 cm³/mol. The average Bonchev–Trinajstić information content (AvgIpc) is 3.37. The third kappa shape index (κ3) is 5.43. The number of halogens is 1. The van der Waals surface area contributed by atoms with Crippen LogP contribution in [-0.2, 0) is 17.6 Å². The van der Waals surface area contributed by atoms with Crippen molar-refractivity contribution in [2.75, 3.05) is 0 Å². The topological polar surface area (TPSA) is 95.1 Å². The lowest BCUT2D eigenvalue weighted by molar-refractivity contribution is -0.118. The van der Waals surface area contributed by atoms with E-state index in [1.165, 1.54) is 11.3 Å². The molecule has 190 valence electrons. The second kappa shape index (κ2) is 11.2. The van der Waals surface area contributed by atoms with E-state index in [-0.39, 0.29) is 24.2 Å². The second-order valence-electron chi connectivity index (χ2n) is 8.76. The molecular formula is C29H28ClN3O3S. The molecular weight excluding hydrogens is 506 g/mol. The first kappa shape index (κ1) is 26.5. The number of amides is 1. The van der Waals surface area contributed by atoms with Crippen molar-refractivity contribution in [3.63, 3.8) is 0 Å². The van der Waals surface area contributed by atoms with Gasteiger partial charge in [0.05, 0.1) is 16.9 Å². The molecule has 0 fully saturated rings. The molecule has 2 aromatic heterocycles. The van der Waals surface area contributed by atoms with Crippen molar-refractivity contribution in [1.82, 2.24) is 9.55 Å². The Hall–Kier alpha value is -3.55. The summed E-state index contributed by atoms with van der Waals surface area (Å²) in [6.07, 6.45) is 1.36. The number of hydrogen-bond donors (Lipinski definition) is 1. The van der Waals surface area contributed by atoms with Gasteiger partial charge in [-0.15, -0.1) is 11.3 Å². The Morgan fingerprint density at radius 3 is 2.27 bits per heavy atom. The number of hydrogen-bond acceptors (Lipinski definition) is 5. The molecule has 2 aromatic carbocycles. The number of primary amides is 1. The van der Waals surface area contributed by atoms with E-state index in [4.69, 9.17) is 22.3 Å². The molecule has 4 rings (SSSR count). The van der Waals surface area contributed by atoms with Gasteiger partial charge in [-0.25, -0.2) is 4.98 Å². The maximum atomic E-state index is 14.1. The van der Waals surface area contributed by atoms with Gasteiger partial charge in [-0.05, 0) is 49.1 Å². The summed E-state index contributed by atoms with van der Waals surface area (Å²) in [7, 11) is 0. The van der Waals surface area contributed by atoms with Gasteiger partial charge in [-0.2, -0.15) is 0 Å². The number of aromatic nitrogens is 2. The maximum absolute atomic E-state index is 14.1. The summed E-state index contributed by atoms with van der Waals surface area (Å²) < 4.78 is 1.65. The number of carbonyl (C=O) groups is 2. The Bertz CT molecular complexity index is 1510. The molecule has 0 aliphatic heterocycles. The molecule has 6 nitrogen and oxygen atoms in total. The molecule has 2 heterocycles. The van der Waals surface area contributed by atoms with Crippen molar-refractivity contribution in [3.05, 3.63) is 91.7 Å². The highest BCUT2D eigenvalue weighted by Crippen LogP contribution is 2.31. The minimum Gasteiger partial charge on any atom is -0.370 e. The van der Waals surface area contributed by atoms with Crippen molar-refractivity contribution < 1.29 is 9.59 Å². The number of nitrogens with zero attached hydrogens (tertiary/aromatic N) is 2. The number of rotatable bonds is 9. The molecule has 4 aromatic rings. The van der Waals surface area contributed by atoms with E-state index in [2.05, 4.69) is 0 Å². The molecule has 0 radical (unpaired) electrons. The zero-order valence-electron chi connectivity index (χ0n) is 21.0. The number of Topliss-reactive ketones (excluding diaryl/α,β-unsaturated/α-hetero) is 1. The number of para-hydroxylation sites is 1. The zero-order valence-corrected chi connectivity index (χ0v) is 22.6. The fourth-order valence-corrected chi connectivity index (χ4v) is 5.40. The highest BCUT2D eigenvalue weighted by molar-refractivity contribution is 7.13. The highest BCUT2D eigenvalue weighted by atomic mass is 35.5. The minimum atomic E-state index is -0.545. The highest BCUT2D eigenvalue weighted by Gasteiger charge is 2.23. The third-order valence-corrected chi connectivity index (χ3v) is 7.54. The van der Waals surface area contributed by atoms with Crippen molar-refractivity contribution in [2.24, 2.45) is 5.73 Å². The van der Waals surface area contributed by atoms with E-state index in [1.807, 2.05) is 49.6 Å². The first-order valence-corrected chi connectivity index (χ1v) is 13.4. The van der Waals surface area contributed by atoms with Crippen LogP contribution in [0.15, 0.2) is 58.7 Å². The number of benzene rings is 2. The molecule has 0 aliphatic carbocycles. The Morgan fingerprint density at radius 1 is 1.03 bits per heavy atom. The summed E-state index contributed by atoms with van der Waals surface area (Å²) in [5, 5.41) is 3.02. The predicted octanol–water partition coefficient (Wildman–Crippen LogP) is 6.16. The van der Waals surface area contributed by atoms with Crippen molar-refractivity contribution >= 4 is 34.6 Å². The van der Waals surface area contributed by atoms with Crippen LogP contribution in [0.4, 0.5) is 0 Å².